The van der Waals surface area contributed by atoms with Crippen molar-refractivity contribution in [1.82, 2.24) is 4.90 Å². The topological polar surface area (TPSA) is 51.0 Å². The van der Waals surface area contributed by atoms with Gasteiger partial charge in [0.15, 0.2) is 0 Å². The molecule has 1 fully saturated rings. The third-order valence-electron chi connectivity index (χ3n) is 3.73. The van der Waals surface area contributed by atoms with Crippen LogP contribution < -0.4 is 15.4 Å². The van der Waals surface area contributed by atoms with Gasteiger partial charge in [-0.15, -0.1) is 0 Å². The number of rotatable bonds is 3. The average molecular weight is 263 g/mol. The molecule has 5 nitrogen and oxygen atoms in total. The van der Waals surface area contributed by atoms with Crippen LogP contribution in [-0.2, 0) is 4.74 Å². The Morgan fingerprint density at radius 3 is 2.74 bits per heavy atom. The van der Waals surface area contributed by atoms with Crippen molar-refractivity contribution in [2.45, 2.75) is 0 Å². The Labute approximate surface area is 113 Å². The van der Waals surface area contributed by atoms with E-state index in [2.05, 4.69) is 15.9 Å². The lowest BCUT2D eigenvalue weighted by atomic mass is 10.2. The maximum Gasteiger partial charge on any atom is 0.144 e. The van der Waals surface area contributed by atoms with Crippen LogP contribution in [0.15, 0.2) is 18.2 Å². The predicted octanol–water partition coefficient (Wildman–Crippen LogP) is 0.800. The summed E-state index contributed by atoms with van der Waals surface area (Å²) in [5.74, 6) is 0.910. The van der Waals surface area contributed by atoms with Crippen LogP contribution in [0.3, 0.4) is 0 Å². The number of nitrogens with two attached hydrogens (primary N) is 1. The number of hydrogen-bond donors (Lipinski definition) is 1. The minimum atomic E-state index is 0.736. The fraction of sp³-hybridized carbons (Fsp3) is 0.571. The third-order valence-corrected chi connectivity index (χ3v) is 3.73. The molecule has 0 bridgehead atoms. The highest BCUT2D eigenvalue weighted by molar-refractivity contribution is 5.65. The Kier molecular flexibility index (Phi) is 3.75. The molecule has 19 heavy (non-hydrogen) atoms. The molecule has 0 aliphatic carbocycles. The summed E-state index contributed by atoms with van der Waals surface area (Å²) < 4.78 is 11.0. The Morgan fingerprint density at radius 2 is 1.89 bits per heavy atom. The van der Waals surface area contributed by atoms with E-state index in [4.69, 9.17) is 15.2 Å². The molecule has 0 radical (unpaired) electrons. The third kappa shape index (κ3) is 2.93. The van der Waals surface area contributed by atoms with Crippen molar-refractivity contribution in [3.8, 4) is 5.75 Å². The lowest BCUT2D eigenvalue weighted by molar-refractivity contribution is 0.0390. The van der Waals surface area contributed by atoms with E-state index in [9.17, 15) is 0 Å². The minimum absolute atomic E-state index is 0.736. The first-order valence-electron chi connectivity index (χ1n) is 6.90. The van der Waals surface area contributed by atoms with Gasteiger partial charge in [-0.25, -0.2) is 0 Å². The van der Waals surface area contributed by atoms with Crippen LogP contribution in [0.4, 0.5) is 11.4 Å². The second kappa shape index (κ2) is 5.67. The first-order valence-corrected chi connectivity index (χ1v) is 6.90. The van der Waals surface area contributed by atoms with Crippen LogP contribution in [0.5, 0.6) is 5.75 Å². The minimum Gasteiger partial charge on any atom is -0.489 e. The lowest BCUT2D eigenvalue weighted by Crippen LogP contribution is -2.43. The number of fused-ring (bicyclic) bond motifs is 1. The molecule has 0 amide bonds. The smallest absolute Gasteiger partial charge is 0.144 e. The van der Waals surface area contributed by atoms with Crippen molar-refractivity contribution in [2.24, 2.45) is 0 Å². The van der Waals surface area contributed by atoms with E-state index in [0.29, 0.717) is 0 Å². The van der Waals surface area contributed by atoms with E-state index in [1.165, 1.54) is 0 Å². The van der Waals surface area contributed by atoms with Crippen LogP contribution in [-0.4, -0.2) is 57.4 Å². The van der Waals surface area contributed by atoms with Crippen molar-refractivity contribution in [1.29, 1.82) is 0 Å². The van der Waals surface area contributed by atoms with Gasteiger partial charge in [0.2, 0.25) is 0 Å². The van der Waals surface area contributed by atoms with E-state index < -0.39 is 0 Å². The van der Waals surface area contributed by atoms with Crippen molar-refractivity contribution >= 4 is 11.4 Å². The molecule has 0 saturated carbocycles. The summed E-state index contributed by atoms with van der Waals surface area (Å²) in [6, 6.07) is 5.91. The molecular formula is C14H21N3O2. The Bertz CT molecular complexity index is 433. The van der Waals surface area contributed by atoms with Crippen molar-refractivity contribution in [3.05, 3.63) is 18.2 Å². The van der Waals surface area contributed by atoms with Gasteiger partial charge in [0.05, 0.1) is 25.4 Å². The molecule has 0 atom stereocenters. The summed E-state index contributed by atoms with van der Waals surface area (Å²) in [4.78, 5) is 4.84. The zero-order valence-corrected chi connectivity index (χ0v) is 11.2. The molecule has 1 aromatic carbocycles. The van der Waals surface area contributed by atoms with Gasteiger partial charge >= 0.3 is 0 Å². The summed E-state index contributed by atoms with van der Waals surface area (Å²) in [7, 11) is 0. The standard InChI is InChI=1S/C14H21N3O2/c15-12-1-2-13-14(11-12)19-10-7-17(13)4-3-16-5-8-18-9-6-16/h1-2,11H,3-10,15H2. The fourth-order valence-electron chi connectivity index (χ4n) is 2.61. The number of anilines is 2. The zero-order valence-electron chi connectivity index (χ0n) is 11.2. The quantitative estimate of drug-likeness (QED) is 0.818. The van der Waals surface area contributed by atoms with Crippen molar-refractivity contribution in [2.75, 3.05) is 63.2 Å². The van der Waals surface area contributed by atoms with E-state index in [0.717, 1.165) is 69.7 Å². The molecule has 104 valence electrons. The summed E-state index contributed by atoms with van der Waals surface area (Å²) >= 11 is 0. The number of ether oxygens (including phenoxy) is 2. The van der Waals surface area contributed by atoms with Crippen molar-refractivity contribution in [3.63, 3.8) is 0 Å². The Hall–Kier alpha value is -1.46. The van der Waals surface area contributed by atoms with Gasteiger partial charge < -0.3 is 20.1 Å². The molecule has 3 rings (SSSR count). The van der Waals surface area contributed by atoms with Gasteiger partial charge in [0.25, 0.3) is 0 Å². The Morgan fingerprint density at radius 1 is 1.05 bits per heavy atom. The lowest BCUT2D eigenvalue weighted by Gasteiger charge is -2.34. The van der Waals surface area contributed by atoms with Crippen molar-refractivity contribution < 1.29 is 9.47 Å². The van der Waals surface area contributed by atoms with Gasteiger partial charge in [0, 0.05) is 37.9 Å². The summed E-state index contributed by atoms with van der Waals surface area (Å²) in [5.41, 5.74) is 7.72. The molecule has 0 spiro atoms. The summed E-state index contributed by atoms with van der Waals surface area (Å²) in [6.45, 7) is 7.58. The molecule has 2 N–H and O–H groups in total. The highest BCUT2D eigenvalue weighted by atomic mass is 16.5. The number of benzene rings is 1. The van der Waals surface area contributed by atoms with Crippen LogP contribution in [0.1, 0.15) is 0 Å². The monoisotopic (exact) mass is 263 g/mol. The number of morpholine rings is 1. The van der Waals surface area contributed by atoms with E-state index in [1.54, 1.807) is 0 Å². The largest absolute Gasteiger partial charge is 0.489 e. The van der Waals surface area contributed by atoms with Gasteiger partial charge in [-0.1, -0.05) is 0 Å². The molecule has 0 aromatic heterocycles. The molecular weight excluding hydrogens is 242 g/mol. The first kappa shape index (κ1) is 12.6. The normalized spacial score (nSPS) is 19.9. The first-order chi connectivity index (χ1) is 9.33. The van der Waals surface area contributed by atoms with Gasteiger partial charge in [-0.2, -0.15) is 0 Å². The molecule has 1 saturated heterocycles. The predicted molar refractivity (Wildman–Crippen MR) is 75.8 cm³/mol. The highest BCUT2D eigenvalue weighted by Crippen LogP contribution is 2.32. The molecule has 2 heterocycles. The van der Waals surface area contributed by atoms with Crippen LogP contribution in [0.2, 0.25) is 0 Å². The molecule has 1 aromatic rings. The SMILES string of the molecule is Nc1ccc2c(c1)OCCN2CCN1CCOCC1. The molecule has 0 unspecified atom stereocenters. The van der Waals surface area contributed by atoms with Gasteiger partial charge in [-0.05, 0) is 12.1 Å². The van der Waals surface area contributed by atoms with E-state index in [-0.39, 0.29) is 0 Å². The van der Waals surface area contributed by atoms with Gasteiger partial charge in [-0.3, -0.25) is 4.90 Å². The maximum atomic E-state index is 5.80. The van der Waals surface area contributed by atoms with Crippen LogP contribution >= 0.6 is 0 Å². The zero-order chi connectivity index (χ0) is 13.1. The van der Waals surface area contributed by atoms with Gasteiger partial charge in [0.1, 0.15) is 12.4 Å². The number of nitrogens with zero attached hydrogens (tertiary/aromatic N) is 2. The average Bonchev–Trinajstić information content (AvgIpc) is 2.45. The van der Waals surface area contributed by atoms with E-state index in [1.807, 2.05) is 12.1 Å². The Balaban J connectivity index is 1.63. The highest BCUT2D eigenvalue weighted by Gasteiger charge is 2.19. The number of nitrogen functional groups attached to an aromatic ring is 1. The van der Waals surface area contributed by atoms with E-state index >= 15 is 0 Å². The summed E-state index contributed by atoms with van der Waals surface area (Å²) in [6.07, 6.45) is 0. The molecule has 5 heteroatoms. The second-order valence-electron chi connectivity index (χ2n) is 5.02. The maximum absolute atomic E-state index is 5.80. The fourth-order valence-corrected chi connectivity index (χ4v) is 2.61. The second-order valence-corrected chi connectivity index (χ2v) is 5.02. The number of hydrogen-bond acceptors (Lipinski definition) is 5. The van der Waals surface area contributed by atoms with Crippen LogP contribution in [0, 0.1) is 0 Å². The molecule has 2 aliphatic rings. The molecule has 2 aliphatic heterocycles. The van der Waals surface area contributed by atoms with Crippen LogP contribution in [0.25, 0.3) is 0 Å². The summed E-state index contributed by atoms with van der Waals surface area (Å²) in [5, 5.41) is 0.